The Morgan fingerprint density at radius 2 is 1.71 bits per heavy atom. The molecule has 108 valence electrons. The van der Waals surface area contributed by atoms with Crippen LogP contribution in [0, 0.1) is 12.7 Å². The highest BCUT2D eigenvalue weighted by Gasteiger charge is 2.09. The summed E-state index contributed by atoms with van der Waals surface area (Å²) in [5.41, 5.74) is 1.48. The van der Waals surface area contributed by atoms with Crippen molar-refractivity contribution >= 4 is 23.4 Å². The third kappa shape index (κ3) is 3.79. The predicted octanol–water partition coefficient (Wildman–Crippen LogP) is 3.48. The summed E-state index contributed by atoms with van der Waals surface area (Å²) >= 11 is 0. The first kappa shape index (κ1) is 14.5. The average molecular weight is 288 g/mol. The second-order valence-corrected chi connectivity index (χ2v) is 4.42. The van der Waals surface area contributed by atoms with E-state index in [0.29, 0.717) is 16.9 Å². The minimum Gasteiger partial charge on any atom is -0.478 e. The van der Waals surface area contributed by atoms with E-state index in [2.05, 4.69) is 10.6 Å². The number of carbonyl (C=O) groups excluding carboxylic acids is 1. The monoisotopic (exact) mass is 288 g/mol. The normalized spacial score (nSPS) is 10.0. The number of urea groups is 1. The Balaban J connectivity index is 2.06. The first-order chi connectivity index (χ1) is 9.95. The maximum absolute atomic E-state index is 13.0. The number of carbonyl (C=O) groups is 2. The Bertz CT molecular complexity index is 701. The number of amides is 2. The van der Waals surface area contributed by atoms with E-state index in [4.69, 9.17) is 5.11 Å². The lowest BCUT2D eigenvalue weighted by atomic mass is 10.1. The fourth-order valence-corrected chi connectivity index (χ4v) is 1.84. The number of anilines is 2. The van der Waals surface area contributed by atoms with Crippen molar-refractivity contribution in [2.24, 2.45) is 0 Å². The van der Waals surface area contributed by atoms with Gasteiger partial charge in [0.1, 0.15) is 5.82 Å². The summed E-state index contributed by atoms with van der Waals surface area (Å²) in [7, 11) is 0. The first-order valence-corrected chi connectivity index (χ1v) is 6.13. The van der Waals surface area contributed by atoms with Gasteiger partial charge in [0.05, 0.1) is 5.56 Å². The third-order valence-electron chi connectivity index (χ3n) is 2.80. The van der Waals surface area contributed by atoms with Crippen LogP contribution in [0.3, 0.4) is 0 Å². The van der Waals surface area contributed by atoms with Gasteiger partial charge in [-0.2, -0.15) is 0 Å². The number of aromatic carboxylic acids is 1. The zero-order chi connectivity index (χ0) is 15.4. The molecule has 0 unspecified atom stereocenters. The smallest absolute Gasteiger partial charge is 0.335 e. The Morgan fingerprint density at radius 1 is 1.05 bits per heavy atom. The molecular weight excluding hydrogens is 275 g/mol. The predicted molar refractivity (Wildman–Crippen MR) is 77.2 cm³/mol. The molecule has 0 fully saturated rings. The molecule has 2 aromatic carbocycles. The molecule has 0 saturated heterocycles. The van der Waals surface area contributed by atoms with E-state index in [-0.39, 0.29) is 5.56 Å². The van der Waals surface area contributed by atoms with Crippen molar-refractivity contribution in [3.8, 4) is 0 Å². The molecule has 21 heavy (non-hydrogen) atoms. The molecule has 2 rings (SSSR count). The van der Waals surface area contributed by atoms with Crippen LogP contribution in [0.4, 0.5) is 20.6 Å². The largest absolute Gasteiger partial charge is 0.478 e. The van der Waals surface area contributed by atoms with Crippen LogP contribution in [0.15, 0.2) is 42.5 Å². The molecule has 0 aromatic heterocycles. The number of aryl methyl sites for hydroxylation is 1. The van der Waals surface area contributed by atoms with Gasteiger partial charge in [0, 0.05) is 11.4 Å². The van der Waals surface area contributed by atoms with E-state index in [1.165, 1.54) is 30.3 Å². The van der Waals surface area contributed by atoms with E-state index in [1.807, 2.05) is 0 Å². The van der Waals surface area contributed by atoms with Gasteiger partial charge < -0.3 is 15.7 Å². The zero-order valence-corrected chi connectivity index (χ0v) is 11.2. The number of hydrogen-bond acceptors (Lipinski definition) is 2. The average Bonchev–Trinajstić information content (AvgIpc) is 2.38. The van der Waals surface area contributed by atoms with Crippen molar-refractivity contribution in [2.75, 3.05) is 10.6 Å². The van der Waals surface area contributed by atoms with Gasteiger partial charge in [-0.05, 0) is 48.9 Å². The lowest BCUT2D eigenvalue weighted by Gasteiger charge is -2.09. The van der Waals surface area contributed by atoms with Crippen LogP contribution >= 0.6 is 0 Å². The fourth-order valence-electron chi connectivity index (χ4n) is 1.84. The Hall–Kier alpha value is -2.89. The molecule has 3 N–H and O–H groups in total. The molecule has 0 radical (unpaired) electrons. The highest BCUT2D eigenvalue weighted by molar-refractivity contribution is 6.00. The Morgan fingerprint density at radius 3 is 2.29 bits per heavy atom. The van der Waals surface area contributed by atoms with Crippen molar-refractivity contribution in [3.63, 3.8) is 0 Å². The van der Waals surface area contributed by atoms with Gasteiger partial charge in [-0.15, -0.1) is 0 Å². The lowest BCUT2D eigenvalue weighted by molar-refractivity contribution is 0.0696. The summed E-state index contributed by atoms with van der Waals surface area (Å²) in [5.74, 6) is -1.47. The number of carboxylic acids is 1. The second-order valence-electron chi connectivity index (χ2n) is 4.42. The summed E-state index contributed by atoms with van der Waals surface area (Å²) in [6.45, 7) is 1.64. The SMILES string of the molecule is Cc1cc(NC(=O)Nc2cccc(F)c2)ccc1C(=O)O. The van der Waals surface area contributed by atoms with Crippen molar-refractivity contribution in [1.82, 2.24) is 0 Å². The van der Waals surface area contributed by atoms with Crippen LogP contribution < -0.4 is 10.6 Å². The van der Waals surface area contributed by atoms with Gasteiger partial charge in [0.25, 0.3) is 0 Å². The highest BCUT2D eigenvalue weighted by Crippen LogP contribution is 2.16. The topological polar surface area (TPSA) is 78.4 Å². The summed E-state index contributed by atoms with van der Waals surface area (Å²) in [6.07, 6.45) is 0. The molecule has 0 aliphatic carbocycles. The maximum Gasteiger partial charge on any atom is 0.335 e. The van der Waals surface area contributed by atoms with Crippen molar-refractivity contribution in [3.05, 3.63) is 59.4 Å². The molecular formula is C15H13FN2O3. The van der Waals surface area contributed by atoms with Crippen LogP contribution in [-0.4, -0.2) is 17.1 Å². The van der Waals surface area contributed by atoms with E-state index in [0.717, 1.165) is 0 Å². The molecule has 6 heteroatoms. The number of benzene rings is 2. The van der Waals surface area contributed by atoms with E-state index >= 15 is 0 Å². The maximum atomic E-state index is 13.0. The third-order valence-corrected chi connectivity index (χ3v) is 2.80. The van der Waals surface area contributed by atoms with Crippen LogP contribution in [0.25, 0.3) is 0 Å². The lowest BCUT2D eigenvalue weighted by Crippen LogP contribution is -2.19. The molecule has 0 aliphatic heterocycles. The highest BCUT2D eigenvalue weighted by atomic mass is 19.1. The van der Waals surface area contributed by atoms with E-state index < -0.39 is 17.8 Å². The summed E-state index contributed by atoms with van der Waals surface area (Å²) in [4.78, 5) is 22.7. The number of hydrogen-bond donors (Lipinski definition) is 3. The quantitative estimate of drug-likeness (QED) is 0.809. The standard InChI is InChI=1S/C15H13FN2O3/c1-9-7-12(5-6-13(9)14(19)20)18-15(21)17-11-4-2-3-10(16)8-11/h2-8H,1H3,(H,19,20)(H2,17,18,21). The van der Waals surface area contributed by atoms with Gasteiger partial charge in [0.15, 0.2) is 0 Å². The number of rotatable bonds is 3. The molecule has 0 bridgehead atoms. The molecule has 0 spiro atoms. The number of nitrogens with one attached hydrogen (secondary N) is 2. The van der Waals surface area contributed by atoms with Crippen LogP contribution in [-0.2, 0) is 0 Å². The number of carboxylic acid groups (broad SMARTS) is 1. The minimum atomic E-state index is -1.02. The van der Waals surface area contributed by atoms with Crippen molar-refractivity contribution < 1.29 is 19.1 Å². The van der Waals surface area contributed by atoms with Gasteiger partial charge in [0.2, 0.25) is 0 Å². The van der Waals surface area contributed by atoms with Crippen LogP contribution in [0.5, 0.6) is 0 Å². The summed E-state index contributed by atoms with van der Waals surface area (Å²) in [6, 6.07) is 9.42. The van der Waals surface area contributed by atoms with Gasteiger partial charge in [-0.3, -0.25) is 0 Å². The number of halogens is 1. The first-order valence-electron chi connectivity index (χ1n) is 6.13. The van der Waals surface area contributed by atoms with Gasteiger partial charge in [-0.1, -0.05) is 6.07 Å². The van der Waals surface area contributed by atoms with Crippen molar-refractivity contribution in [2.45, 2.75) is 6.92 Å². The fraction of sp³-hybridized carbons (Fsp3) is 0.0667. The van der Waals surface area contributed by atoms with Crippen molar-refractivity contribution in [1.29, 1.82) is 0 Å². The van der Waals surface area contributed by atoms with E-state index in [9.17, 15) is 14.0 Å². The minimum absolute atomic E-state index is 0.172. The van der Waals surface area contributed by atoms with E-state index in [1.54, 1.807) is 19.1 Å². The molecule has 2 amide bonds. The summed E-state index contributed by atoms with van der Waals surface area (Å²) in [5, 5.41) is 14.0. The zero-order valence-electron chi connectivity index (χ0n) is 11.2. The molecule has 0 saturated carbocycles. The Labute approximate surface area is 120 Å². The van der Waals surface area contributed by atoms with Crippen LogP contribution in [0.1, 0.15) is 15.9 Å². The van der Waals surface area contributed by atoms with Crippen LogP contribution in [0.2, 0.25) is 0 Å². The van der Waals surface area contributed by atoms with Gasteiger partial charge >= 0.3 is 12.0 Å². The molecule has 5 nitrogen and oxygen atoms in total. The van der Waals surface area contributed by atoms with Gasteiger partial charge in [-0.25, -0.2) is 14.0 Å². The molecule has 0 atom stereocenters. The molecule has 2 aromatic rings. The molecule has 0 heterocycles. The Kier molecular flexibility index (Phi) is 4.18. The second kappa shape index (κ2) is 6.04. The summed E-state index contributed by atoms with van der Waals surface area (Å²) < 4.78 is 13.0. The molecule has 0 aliphatic rings.